The summed E-state index contributed by atoms with van der Waals surface area (Å²) in [4.78, 5) is 0.888. The normalized spacial score (nSPS) is 12.0. The molecule has 1 nitrogen and oxygen atoms in total. The molecule has 18 heavy (non-hydrogen) atoms. The Morgan fingerprint density at radius 3 is 2.17 bits per heavy atom. The van der Waals surface area contributed by atoms with Crippen molar-refractivity contribution in [2.45, 2.75) is 4.90 Å². The summed E-state index contributed by atoms with van der Waals surface area (Å²) in [5.74, 6) is 0.584. The van der Waals surface area contributed by atoms with Gasteiger partial charge in [0.1, 0.15) is 0 Å². The second-order valence-corrected chi connectivity index (χ2v) is 8.78. The molecule has 0 fully saturated rings. The first kappa shape index (κ1) is 13.5. The van der Waals surface area contributed by atoms with E-state index in [9.17, 15) is 4.21 Å². The SMILES string of the molecule is C=C(CS(=O)c1ccccc1)[Te]c1ccccc1. The third kappa shape index (κ3) is 4.10. The molecule has 0 aliphatic heterocycles. The van der Waals surface area contributed by atoms with Crippen molar-refractivity contribution in [2.75, 3.05) is 5.75 Å². The molecule has 0 N–H and O–H groups in total. The van der Waals surface area contributed by atoms with E-state index in [-0.39, 0.29) is 0 Å². The zero-order chi connectivity index (χ0) is 12.8. The van der Waals surface area contributed by atoms with Crippen molar-refractivity contribution in [1.82, 2.24) is 0 Å². The van der Waals surface area contributed by atoms with Crippen LogP contribution in [0.25, 0.3) is 0 Å². The van der Waals surface area contributed by atoms with E-state index < -0.39 is 31.7 Å². The van der Waals surface area contributed by atoms with Crippen LogP contribution in [0, 0.1) is 0 Å². The van der Waals surface area contributed by atoms with Gasteiger partial charge in [-0.05, 0) is 0 Å². The zero-order valence-corrected chi connectivity index (χ0v) is 13.1. The van der Waals surface area contributed by atoms with Crippen molar-refractivity contribution in [1.29, 1.82) is 0 Å². The van der Waals surface area contributed by atoms with Gasteiger partial charge in [0.2, 0.25) is 0 Å². The number of benzene rings is 2. The van der Waals surface area contributed by atoms with Crippen LogP contribution in [0.3, 0.4) is 0 Å². The van der Waals surface area contributed by atoms with E-state index in [1.807, 2.05) is 48.5 Å². The van der Waals surface area contributed by atoms with Gasteiger partial charge in [0, 0.05) is 0 Å². The molecule has 1 unspecified atom stereocenters. The van der Waals surface area contributed by atoms with Crippen LogP contribution in [0.2, 0.25) is 0 Å². The molecule has 92 valence electrons. The van der Waals surface area contributed by atoms with Gasteiger partial charge in [-0.25, -0.2) is 0 Å². The molecule has 3 heteroatoms. The van der Waals surface area contributed by atoms with E-state index in [0.29, 0.717) is 5.75 Å². The molecule has 0 aliphatic carbocycles. The van der Waals surface area contributed by atoms with Crippen LogP contribution in [0.15, 0.2) is 75.8 Å². The fourth-order valence-electron chi connectivity index (χ4n) is 1.49. The molecule has 0 radical (unpaired) electrons. The Balaban J connectivity index is 1.94. The molecule has 0 saturated carbocycles. The monoisotopic (exact) mass is 372 g/mol. The molecule has 0 saturated heterocycles. The molecule has 0 spiro atoms. The quantitative estimate of drug-likeness (QED) is 0.739. The van der Waals surface area contributed by atoms with Crippen molar-refractivity contribution < 1.29 is 4.21 Å². The molecule has 0 aliphatic rings. The van der Waals surface area contributed by atoms with Gasteiger partial charge in [0.15, 0.2) is 0 Å². The molecule has 0 heterocycles. The van der Waals surface area contributed by atoms with Crippen LogP contribution in [-0.4, -0.2) is 30.9 Å². The molecular formula is C15H14OSTe. The van der Waals surface area contributed by atoms with E-state index in [1.165, 1.54) is 3.61 Å². The summed E-state index contributed by atoms with van der Waals surface area (Å²) in [6, 6.07) is 19.9. The summed E-state index contributed by atoms with van der Waals surface area (Å²) in [7, 11) is -0.954. The van der Waals surface area contributed by atoms with Crippen molar-refractivity contribution >= 4 is 35.3 Å². The average molecular weight is 370 g/mol. The Hall–Kier alpha value is -0.880. The van der Waals surface area contributed by atoms with Gasteiger partial charge in [-0.15, -0.1) is 0 Å². The first-order chi connectivity index (χ1) is 8.75. The number of hydrogen-bond donors (Lipinski definition) is 0. The van der Waals surface area contributed by atoms with Crippen LogP contribution in [0.5, 0.6) is 0 Å². The van der Waals surface area contributed by atoms with E-state index in [0.717, 1.165) is 8.52 Å². The van der Waals surface area contributed by atoms with Gasteiger partial charge in [-0.3, -0.25) is 0 Å². The van der Waals surface area contributed by atoms with Crippen LogP contribution in [0.4, 0.5) is 0 Å². The summed E-state index contributed by atoms with van der Waals surface area (Å²) in [6.45, 7) is 4.08. The van der Waals surface area contributed by atoms with Gasteiger partial charge in [0.25, 0.3) is 0 Å². The van der Waals surface area contributed by atoms with Crippen molar-refractivity contribution in [3.05, 3.63) is 70.9 Å². The average Bonchev–Trinajstić information content (AvgIpc) is 2.40. The molecule has 0 amide bonds. The van der Waals surface area contributed by atoms with Crippen LogP contribution >= 0.6 is 0 Å². The Morgan fingerprint density at radius 2 is 1.56 bits per heavy atom. The third-order valence-corrected chi connectivity index (χ3v) is 6.97. The van der Waals surface area contributed by atoms with Crippen molar-refractivity contribution in [2.24, 2.45) is 0 Å². The summed E-state index contributed by atoms with van der Waals surface area (Å²) < 4.78 is 14.6. The Bertz CT molecular complexity index is 537. The first-order valence-corrected chi connectivity index (χ1v) is 9.25. The fourth-order valence-corrected chi connectivity index (χ4v) is 5.67. The van der Waals surface area contributed by atoms with Gasteiger partial charge in [-0.2, -0.15) is 0 Å². The minimum absolute atomic E-state index is 0.438. The topological polar surface area (TPSA) is 17.1 Å². The maximum absolute atomic E-state index is 12.1. The van der Waals surface area contributed by atoms with Crippen LogP contribution in [-0.2, 0) is 10.8 Å². The first-order valence-electron chi connectivity index (χ1n) is 5.60. The van der Waals surface area contributed by atoms with E-state index in [1.54, 1.807) is 0 Å². The standard InChI is InChI=1S/C15H14OSTe/c1-13(18-15-10-6-3-7-11-15)12-17(16)14-8-4-2-5-9-14/h2-11H,1,12H2. The summed E-state index contributed by atoms with van der Waals surface area (Å²) >= 11 is -0.438. The predicted molar refractivity (Wildman–Crippen MR) is 78.7 cm³/mol. The molecule has 1 atom stereocenters. The van der Waals surface area contributed by atoms with Crippen LogP contribution in [0.1, 0.15) is 0 Å². The maximum atomic E-state index is 12.1. The van der Waals surface area contributed by atoms with Crippen molar-refractivity contribution in [3.63, 3.8) is 0 Å². The van der Waals surface area contributed by atoms with E-state index in [2.05, 4.69) is 18.7 Å². The van der Waals surface area contributed by atoms with E-state index in [4.69, 9.17) is 0 Å². The summed E-state index contributed by atoms with van der Waals surface area (Å²) in [5.41, 5.74) is 0. The Labute approximate surface area is 120 Å². The Morgan fingerprint density at radius 1 is 1.00 bits per heavy atom. The third-order valence-electron chi connectivity index (χ3n) is 2.30. The number of hydrogen-bond acceptors (Lipinski definition) is 1. The fraction of sp³-hybridized carbons (Fsp3) is 0.0667. The summed E-state index contributed by atoms with van der Waals surface area (Å²) in [5, 5.41) is 0. The minimum atomic E-state index is -0.954. The summed E-state index contributed by atoms with van der Waals surface area (Å²) in [6.07, 6.45) is 0. The zero-order valence-electron chi connectivity index (χ0n) is 9.91. The molecule has 2 aromatic carbocycles. The van der Waals surface area contributed by atoms with Gasteiger partial charge in [0.05, 0.1) is 0 Å². The van der Waals surface area contributed by atoms with Gasteiger partial charge >= 0.3 is 121 Å². The molecule has 0 aromatic heterocycles. The second kappa shape index (κ2) is 6.89. The number of rotatable bonds is 5. The van der Waals surface area contributed by atoms with Gasteiger partial charge < -0.3 is 0 Å². The molecule has 0 bridgehead atoms. The Kier molecular flexibility index (Phi) is 5.19. The van der Waals surface area contributed by atoms with Gasteiger partial charge in [-0.1, -0.05) is 0 Å². The van der Waals surface area contributed by atoms with E-state index >= 15 is 0 Å². The molecule has 2 rings (SSSR count). The van der Waals surface area contributed by atoms with Crippen molar-refractivity contribution in [3.8, 4) is 0 Å². The van der Waals surface area contributed by atoms with Crippen LogP contribution < -0.4 is 3.61 Å². The molecule has 2 aromatic rings. The molecular weight excluding hydrogens is 356 g/mol. The second-order valence-electron chi connectivity index (χ2n) is 3.76. The predicted octanol–water partition coefficient (Wildman–Crippen LogP) is 2.34.